The van der Waals surface area contributed by atoms with E-state index >= 15 is 0 Å². The van der Waals surface area contributed by atoms with Crippen LogP contribution in [0.1, 0.15) is 72.9 Å². The van der Waals surface area contributed by atoms with Gasteiger partial charge in [-0.25, -0.2) is 0 Å². The quantitative estimate of drug-likeness (QED) is 0.330. The Bertz CT molecular complexity index is 1130. The zero-order valence-corrected chi connectivity index (χ0v) is 24.5. The first-order valence-corrected chi connectivity index (χ1v) is 15.5. The Hall–Kier alpha value is -1.71. The van der Waals surface area contributed by atoms with Crippen LogP contribution in [-0.4, -0.2) is 36.5 Å². The molecule has 4 saturated carbocycles. The summed E-state index contributed by atoms with van der Waals surface area (Å²) in [5, 5.41) is 14.3. The second-order valence-corrected chi connectivity index (χ2v) is 13.0. The third-order valence-electron chi connectivity index (χ3n) is 9.17. The van der Waals surface area contributed by atoms with Gasteiger partial charge in [-0.3, -0.25) is 4.79 Å². The van der Waals surface area contributed by atoms with Gasteiger partial charge >= 0.3 is 18.9 Å². The maximum Gasteiger partial charge on any atom is 1.00 e. The van der Waals surface area contributed by atoms with Gasteiger partial charge in [-0.05, 0) is 128 Å². The summed E-state index contributed by atoms with van der Waals surface area (Å²) in [5.74, 6) is 1.83. The molecule has 5 nitrogen and oxygen atoms in total. The minimum Gasteiger partial charge on any atom is -0.548 e. The van der Waals surface area contributed by atoms with Gasteiger partial charge in [-0.2, -0.15) is 11.8 Å². The molecule has 0 radical (unpaired) electrons. The molecule has 0 unspecified atom stereocenters. The van der Waals surface area contributed by atoms with Crippen LogP contribution in [0.2, 0.25) is 0 Å². The molecule has 2 aromatic carbocycles. The van der Waals surface area contributed by atoms with Crippen molar-refractivity contribution in [1.29, 1.82) is 0 Å². The number of nitrogens with one attached hydrogen (secondary N) is 1. The first kappa shape index (κ1) is 30.3. The predicted octanol–water partition coefficient (Wildman–Crippen LogP) is 2.39. The number of aryl methyl sites for hydroxylation is 1. The summed E-state index contributed by atoms with van der Waals surface area (Å²) < 4.78 is 6.23. The molecule has 0 saturated heterocycles. The van der Waals surface area contributed by atoms with E-state index in [2.05, 4.69) is 5.32 Å². The van der Waals surface area contributed by atoms with Crippen molar-refractivity contribution >= 4 is 23.6 Å². The van der Waals surface area contributed by atoms with Crippen LogP contribution in [0.4, 0.5) is 0 Å². The largest absolute Gasteiger partial charge is 1.00 e. The molecule has 0 aliphatic heterocycles. The number of hydrogen-bond acceptors (Lipinski definition) is 5. The molecule has 4 aliphatic rings. The van der Waals surface area contributed by atoms with Gasteiger partial charge in [-0.15, -0.1) is 0 Å². The fourth-order valence-electron chi connectivity index (χ4n) is 7.77. The van der Waals surface area contributed by atoms with Crippen molar-refractivity contribution in [2.45, 2.75) is 70.9 Å². The maximum absolute atomic E-state index is 13.3. The average molecular weight is 542 g/mol. The van der Waals surface area contributed by atoms with Gasteiger partial charge in [0.05, 0.1) is 18.6 Å². The molecule has 4 bridgehead atoms. The summed E-state index contributed by atoms with van der Waals surface area (Å²) >= 11 is 1.54. The number of amides is 1. The second kappa shape index (κ2) is 13.3. The summed E-state index contributed by atoms with van der Waals surface area (Å²) in [4.78, 5) is 24.9. The molecule has 6 rings (SSSR count). The van der Waals surface area contributed by atoms with Crippen molar-refractivity contribution in [1.82, 2.24) is 5.32 Å². The zero-order valence-electron chi connectivity index (χ0n) is 23.7. The Morgan fingerprint density at radius 1 is 1.05 bits per heavy atom. The van der Waals surface area contributed by atoms with E-state index < -0.39 is 17.9 Å². The zero-order chi connectivity index (χ0) is 26.7. The summed E-state index contributed by atoms with van der Waals surface area (Å²) in [6.45, 7) is 3.30. The van der Waals surface area contributed by atoms with Crippen molar-refractivity contribution in [2.75, 3.05) is 18.6 Å². The fraction of sp³-hybridized carbons (Fsp3) is 0.562. The molecule has 1 atom stereocenters. The van der Waals surface area contributed by atoms with Crippen LogP contribution in [0.3, 0.4) is 0 Å². The van der Waals surface area contributed by atoms with E-state index in [1.807, 2.05) is 49.6 Å². The number of rotatable bonds is 12. The summed E-state index contributed by atoms with van der Waals surface area (Å²) in [7, 11) is 0. The van der Waals surface area contributed by atoms with Crippen LogP contribution in [0.5, 0.6) is 0 Å². The smallest absolute Gasteiger partial charge is 0.548 e. The average Bonchev–Trinajstić information content (AvgIpc) is 2.88. The van der Waals surface area contributed by atoms with Crippen LogP contribution < -0.4 is 29.3 Å². The van der Waals surface area contributed by atoms with E-state index in [0.717, 1.165) is 53.0 Å². The normalized spacial score (nSPS) is 25.6. The second-order valence-electron chi connectivity index (χ2n) is 12.0. The Morgan fingerprint density at radius 3 is 2.33 bits per heavy atom. The minimum atomic E-state index is -1.26. The van der Waals surface area contributed by atoms with E-state index in [1.54, 1.807) is 17.8 Å². The van der Waals surface area contributed by atoms with Crippen molar-refractivity contribution in [2.24, 2.45) is 23.2 Å². The van der Waals surface area contributed by atoms with E-state index in [4.69, 9.17) is 4.74 Å². The number of ether oxygens (including phenoxy) is 1. The molecule has 0 heterocycles. The SMILES string of the molecule is CSCC[C@H](NC(=O)c1ccc(COCCC23CC4CC(CC(C4)C2)C3)cc1-c1ccccc1C)C(=O)[O-].[Li+]. The molecule has 1 amide bonds. The number of carbonyl (C=O) groups is 2. The number of carboxylic acid groups (broad SMARTS) is 1. The number of thioether (sulfide) groups is 1. The standard InChI is InChI=1S/C32H41NO4S.Li/c1-21-5-3-4-6-26(21)28-16-22(7-8-27(28)30(34)33-29(31(35)36)9-12-38-2)20-37-11-10-32-17-23-13-24(18-32)15-25(14-23)19-32;/h3-8,16,23-25,29H,9-15,17-20H2,1-2H3,(H,33,34)(H,35,36);/q;+1/p-1/t23?,24?,25?,29-,32?;/m0./s1. The van der Waals surface area contributed by atoms with Crippen LogP contribution in [-0.2, 0) is 16.1 Å². The van der Waals surface area contributed by atoms with E-state index in [1.165, 1.54) is 38.5 Å². The van der Waals surface area contributed by atoms with E-state index in [9.17, 15) is 14.7 Å². The van der Waals surface area contributed by atoms with Crippen molar-refractivity contribution < 1.29 is 38.3 Å². The maximum atomic E-state index is 13.3. The molecule has 4 fully saturated rings. The topological polar surface area (TPSA) is 78.5 Å². The first-order valence-electron chi connectivity index (χ1n) is 14.1. The fourth-order valence-corrected chi connectivity index (χ4v) is 8.24. The first-order chi connectivity index (χ1) is 18.4. The molecule has 204 valence electrons. The molecule has 7 heteroatoms. The van der Waals surface area contributed by atoms with Gasteiger partial charge in [0, 0.05) is 12.2 Å². The van der Waals surface area contributed by atoms with Crippen LogP contribution >= 0.6 is 11.8 Å². The van der Waals surface area contributed by atoms with Gasteiger partial charge < -0.3 is 20.0 Å². The number of aliphatic carboxylic acids is 1. The summed E-state index contributed by atoms with van der Waals surface area (Å²) in [6, 6.07) is 12.7. The molecule has 39 heavy (non-hydrogen) atoms. The summed E-state index contributed by atoms with van der Waals surface area (Å²) in [6.07, 6.45) is 12.0. The Balaban J connectivity index is 0.00000353. The van der Waals surface area contributed by atoms with E-state index in [0.29, 0.717) is 29.8 Å². The molecule has 2 aromatic rings. The molecule has 1 N–H and O–H groups in total. The van der Waals surface area contributed by atoms with Gasteiger partial charge in [0.25, 0.3) is 5.91 Å². The monoisotopic (exact) mass is 541 g/mol. The third kappa shape index (κ3) is 7.14. The van der Waals surface area contributed by atoms with E-state index in [-0.39, 0.29) is 18.9 Å². The third-order valence-corrected chi connectivity index (χ3v) is 9.82. The van der Waals surface area contributed by atoms with Crippen molar-refractivity contribution in [3.05, 3.63) is 59.2 Å². The Labute approximate surface area is 249 Å². The Morgan fingerprint density at radius 2 is 1.72 bits per heavy atom. The van der Waals surface area contributed by atoms with Crippen LogP contribution in [0.25, 0.3) is 11.1 Å². The molecular formula is C32H40LiNO4S. The molecule has 4 aliphatic carbocycles. The number of carbonyl (C=O) groups excluding carboxylic acids is 2. The summed E-state index contributed by atoms with van der Waals surface area (Å²) in [5.41, 5.74) is 4.80. The van der Waals surface area contributed by atoms with Gasteiger partial charge in [0.15, 0.2) is 0 Å². The van der Waals surface area contributed by atoms with Crippen molar-refractivity contribution in [3.8, 4) is 11.1 Å². The number of benzene rings is 2. The van der Waals surface area contributed by atoms with Gasteiger partial charge in [0.1, 0.15) is 0 Å². The van der Waals surface area contributed by atoms with Crippen LogP contribution in [0.15, 0.2) is 42.5 Å². The predicted molar refractivity (Wildman–Crippen MR) is 151 cm³/mol. The van der Waals surface area contributed by atoms with Gasteiger partial charge in [0.2, 0.25) is 0 Å². The van der Waals surface area contributed by atoms with Gasteiger partial charge in [-0.1, -0.05) is 30.3 Å². The molecule has 0 spiro atoms. The molecular weight excluding hydrogens is 501 g/mol. The Kier molecular flexibility index (Phi) is 10.3. The van der Waals surface area contributed by atoms with Crippen LogP contribution in [0, 0.1) is 30.1 Å². The number of carboxylic acids is 1. The molecule has 0 aromatic heterocycles. The number of hydrogen-bond donors (Lipinski definition) is 1. The van der Waals surface area contributed by atoms with Crippen molar-refractivity contribution in [3.63, 3.8) is 0 Å². The minimum absolute atomic E-state index is 0.